The highest BCUT2D eigenvalue weighted by atomic mass is 19.1. The minimum absolute atomic E-state index is 0.0773. The van der Waals surface area contributed by atoms with Crippen LogP contribution in [0.15, 0.2) is 152 Å². The standard InChI is InChI=1S/C23H19FN6O.C23H25FN2O3.C18H17FN2O/c1-13(29-23-17(10-25)22(26)27-12-28-23)21-20(14-5-3-2-4-6-14)18(11-31)16-9-15(24)7-8-19(16)30-21;1-14(25-22(28)29-23(2,3)4)21-20(15-8-6-5-7-9-15)18(13-27)17-12-16(24)10-11-19(17)26-21;1-11(20)18-17(12-5-3-2-4-6-12)15(10-22)14-9-13(19)7-8-16(14)21-18/h2-9,12-13,31H,11H2,1H3,(H3,26,27,28,29);5-12,14,27H,13H2,1-4H3,(H,25,28);2-9,11,22H,10,20H2,1H3. The number of benzene rings is 6. The van der Waals surface area contributed by atoms with Crippen molar-refractivity contribution in [2.45, 2.75) is 85.1 Å². The van der Waals surface area contributed by atoms with Crippen molar-refractivity contribution >= 4 is 50.4 Å². The van der Waals surface area contributed by atoms with Crippen molar-refractivity contribution in [2.75, 3.05) is 11.1 Å². The largest absolute Gasteiger partial charge is 0.444 e. The van der Waals surface area contributed by atoms with Gasteiger partial charge in [-0.25, -0.2) is 37.9 Å². The first-order chi connectivity index (χ1) is 39.3. The maximum Gasteiger partial charge on any atom is 0.408 e. The van der Waals surface area contributed by atoms with Crippen molar-refractivity contribution in [2.24, 2.45) is 5.73 Å². The van der Waals surface area contributed by atoms with Crippen LogP contribution in [0.4, 0.5) is 29.6 Å². The first-order valence-electron chi connectivity index (χ1n) is 26.2. The van der Waals surface area contributed by atoms with Gasteiger partial charge in [0.25, 0.3) is 0 Å². The summed E-state index contributed by atoms with van der Waals surface area (Å²) >= 11 is 0. The number of fused-ring (bicyclic) bond motifs is 3. The number of aliphatic hydroxyl groups excluding tert-OH is 3. The number of rotatable bonds is 12. The third-order valence-corrected chi connectivity index (χ3v) is 13.2. The van der Waals surface area contributed by atoms with E-state index in [0.717, 1.165) is 22.3 Å². The van der Waals surface area contributed by atoms with E-state index < -0.39 is 35.4 Å². The van der Waals surface area contributed by atoms with Gasteiger partial charge in [0, 0.05) is 38.9 Å². The van der Waals surface area contributed by atoms with Gasteiger partial charge in [0.2, 0.25) is 0 Å². The Morgan fingerprint density at radius 2 is 0.976 bits per heavy atom. The number of nitriles is 1. The monoisotopic (exact) mass is 1110 g/mol. The molecule has 0 radical (unpaired) electrons. The third-order valence-electron chi connectivity index (χ3n) is 13.2. The molecule has 3 unspecified atom stereocenters. The van der Waals surface area contributed by atoms with Crippen LogP contribution in [0.5, 0.6) is 0 Å². The fourth-order valence-electron chi connectivity index (χ4n) is 9.64. The fraction of sp³-hybridized carbons (Fsp3) is 0.203. The fourth-order valence-corrected chi connectivity index (χ4v) is 9.64. The van der Waals surface area contributed by atoms with Crippen LogP contribution in [-0.4, -0.2) is 51.9 Å². The lowest BCUT2D eigenvalue weighted by molar-refractivity contribution is 0.0507. The normalized spacial score (nSPS) is 12.3. The smallest absolute Gasteiger partial charge is 0.408 e. The maximum absolute atomic E-state index is 14.0. The molecule has 0 bridgehead atoms. The Balaban J connectivity index is 0.000000163. The summed E-state index contributed by atoms with van der Waals surface area (Å²) in [5.41, 5.74) is 21.5. The Bertz CT molecular complexity index is 3960. The van der Waals surface area contributed by atoms with E-state index in [9.17, 15) is 38.5 Å². The Morgan fingerprint density at radius 1 is 0.598 bits per heavy atom. The number of aliphatic hydroxyl groups is 3. The van der Waals surface area contributed by atoms with Gasteiger partial charge in [-0.1, -0.05) is 91.0 Å². The van der Waals surface area contributed by atoms with Crippen LogP contribution in [-0.2, 0) is 24.6 Å². The minimum Gasteiger partial charge on any atom is -0.444 e. The number of nitrogens with one attached hydrogen (secondary N) is 2. The number of aromatic nitrogens is 5. The molecule has 0 aliphatic heterocycles. The average Bonchev–Trinajstić information content (AvgIpc) is 3.34. The lowest BCUT2D eigenvalue weighted by Crippen LogP contribution is -2.34. The van der Waals surface area contributed by atoms with Crippen LogP contribution in [0, 0.1) is 28.8 Å². The van der Waals surface area contributed by atoms with Gasteiger partial charge in [0.1, 0.15) is 52.6 Å². The van der Waals surface area contributed by atoms with E-state index in [1.165, 1.54) is 42.7 Å². The van der Waals surface area contributed by atoms with Crippen molar-refractivity contribution in [3.63, 3.8) is 0 Å². The summed E-state index contributed by atoms with van der Waals surface area (Å²) in [6.07, 6.45) is 0.717. The van der Waals surface area contributed by atoms with Gasteiger partial charge in [-0.05, 0) is 130 Å². The molecular weight excluding hydrogens is 1050 g/mol. The van der Waals surface area contributed by atoms with E-state index in [2.05, 4.69) is 25.6 Å². The number of halogens is 3. The predicted octanol–water partition coefficient (Wildman–Crippen LogP) is 12.6. The van der Waals surface area contributed by atoms with E-state index >= 15 is 0 Å². The summed E-state index contributed by atoms with van der Waals surface area (Å²) in [6.45, 7) is 10.1. The molecule has 0 aliphatic carbocycles. The van der Waals surface area contributed by atoms with Crippen LogP contribution >= 0.6 is 0 Å². The molecule has 4 heterocycles. The molecule has 18 heteroatoms. The van der Waals surface area contributed by atoms with Crippen molar-refractivity contribution in [1.82, 2.24) is 30.2 Å². The molecule has 0 saturated heterocycles. The number of carbonyl (C=O) groups excluding carboxylic acids is 1. The average molecular weight is 1110 g/mol. The molecule has 0 saturated carbocycles. The third kappa shape index (κ3) is 13.3. The molecule has 15 nitrogen and oxygen atoms in total. The van der Waals surface area contributed by atoms with Gasteiger partial charge in [-0.2, -0.15) is 5.26 Å². The van der Waals surface area contributed by atoms with Gasteiger partial charge in [0.05, 0.1) is 65.5 Å². The zero-order valence-corrected chi connectivity index (χ0v) is 45.9. The second kappa shape index (κ2) is 25.8. The van der Waals surface area contributed by atoms with Crippen LogP contribution in [0.2, 0.25) is 0 Å². The van der Waals surface area contributed by atoms with Gasteiger partial charge < -0.3 is 42.2 Å². The molecule has 0 aliphatic rings. The van der Waals surface area contributed by atoms with E-state index in [1.54, 1.807) is 45.9 Å². The number of nitrogen functional groups attached to an aromatic ring is 1. The molecule has 0 fully saturated rings. The zero-order valence-electron chi connectivity index (χ0n) is 45.9. The van der Waals surface area contributed by atoms with Crippen molar-refractivity contribution in [3.8, 4) is 39.4 Å². The summed E-state index contributed by atoms with van der Waals surface area (Å²) in [5, 5.41) is 47.4. The summed E-state index contributed by atoms with van der Waals surface area (Å²) in [7, 11) is 0. The Kier molecular flexibility index (Phi) is 18.5. The first-order valence-corrected chi connectivity index (χ1v) is 26.2. The molecule has 418 valence electrons. The quantitative estimate of drug-likeness (QED) is 0.0601. The van der Waals surface area contributed by atoms with Crippen molar-refractivity contribution < 1.29 is 38.0 Å². The van der Waals surface area contributed by atoms with Gasteiger partial charge >= 0.3 is 6.09 Å². The minimum atomic E-state index is -0.628. The lowest BCUT2D eigenvalue weighted by atomic mass is 9.92. The molecule has 10 rings (SSSR count). The summed E-state index contributed by atoms with van der Waals surface area (Å²) < 4.78 is 46.8. The Labute approximate surface area is 472 Å². The first kappa shape index (κ1) is 58.8. The van der Waals surface area contributed by atoms with Gasteiger partial charge in [-0.3, -0.25) is 4.98 Å². The molecule has 1 amide bonds. The van der Waals surface area contributed by atoms with E-state index in [4.69, 9.17) is 26.2 Å². The number of pyridine rings is 3. The van der Waals surface area contributed by atoms with Crippen LogP contribution in [0.1, 0.15) is 99.0 Å². The SMILES string of the molecule is CC(N)c1nc2ccc(F)cc2c(CO)c1-c1ccccc1.CC(NC(=O)OC(C)(C)C)c1nc2ccc(F)cc2c(CO)c1-c1ccccc1.CC(Nc1ncnc(N)c1C#N)c1nc2ccc(F)cc2c(CO)c1-c1ccccc1. The number of nitrogens with zero attached hydrogens (tertiary/aromatic N) is 6. The molecule has 6 aromatic carbocycles. The molecule has 3 atom stereocenters. The highest BCUT2D eigenvalue weighted by Crippen LogP contribution is 2.39. The molecular formula is C64H61F3N10O5. The Morgan fingerprint density at radius 3 is 1.34 bits per heavy atom. The molecule has 4 aromatic heterocycles. The second-order valence-electron chi connectivity index (χ2n) is 20.2. The van der Waals surface area contributed by atoms with Crippen molar-refractivity contribution in [3.05, 3.63) is 209 Å². The predicted molar refractivity (Wildman–Crippen MR) is 313 cm³/mol. The number of hydrogen-bond acceptors (Lipinski definition) is 14. The topological polar surface area (TPSA) is 251 Å². The van der Waals surface area contributed by atoms with E-state index in [0.29, 0.717) is 77.6 Å². The summed E-state index contributed by atoms with van der Waals surface area (Å²) in [6, 6.07) is 42.3. The second-order valence-corrected chi connectivity index (χ2v) is 20.2. The zero-order chi connectivity index (χ0) is 58.8. The van der Waals surface area contributed by atoms with E-state index in [-0.39, 0.29) is 48.9 Å². The Hall–Kier alpha value is -9.38. The van der Waals surface area contributed by atoms with Crippen LogP contribution in [0.3, 0.4) is 0 Å². The molecule has 82 heavy (non-hydrogen) atoms. The molecule has 0 spiro atoms. The van der Waals surface area contributed by atoms with E-state index in [1.807, 2.05) is 111 Å². The number of carbonyl (C=O) groups is 1. The number of hydrogen-bond donors (Lipinski definition) is 7. The van der Waals surface area contributed by atoms with Crippen molar-refractivity contribution in [1.29, 1.82) is 5.26 Å². The highest BCUT2D eigenvalue weighted by molar-refractivity contribution is 5.93. The van der Waals surface area contributed by atoms with Gasteiger partial charge in [0.15, 0.2) is 0 Å². The van der Waals surface area contributed by atoms with Crippen LogP contribution in [0.25, 0.3) is 66.1 Å². The van der Waals surface area contributed by atoms with Crippen LogP contribution < -0.4 is 22.1 Å². The summed E-state index contributed by atoms with van der Waals surface area (Å²) in [5.74, 6) is -0.796. The number of alkyl carbamates (subject to hydrolysis) is 1. The lowest BCUT2D eigenvalue weighted by Gasteiger charge is -2.24. The molecule has 9 N–H and O–H groups in total. The number of anilines is 2. The summed E-state index contributed by atoms with van der Waals surface area (Å²) in [4.78, 5) is 34.4. The van der Waals surface area contributed by atoms with Gasteiger partial charge in [-0.15, -0.1) is 0 Å². The maximum atomic E-state index is 14.0. The number of amides is 1. The number of nitrogens with two attached hydrogens (primary N) is 2. The number of ether oxygens (including phenoxy) is 1. The highest BCUT2D eigenvalue weighted by Gasteiger charge is 2.26. The molecule has 10 aromatic rings.